The molecule has 4 nitrogen and oxygen atoms in total. The number of alkyl halides is 3. The molecule has 1 aliphatic rings. The minimum absolute atomic E-state index is 0.0677. The Hall–Kier alpha value is -1.51. The van der Waals surface area contributed by atoms with Crippen molar-refractivity contribution in [1.82, 2.24) is 15.1 Å². The van der Waals surface area contributed by atoms with E-state index in [4.69, 9.17) is 35.4 Å². The summed E-state index contributed by atoms with van der Waals surface area (Å²) in [5.41, 5.74) is 1.22. The molecule has 1 fully saturated rings. The highest BCUT2D eigenvalue weighted by Gasteiger charge is 2.41. The number of nitrogens with zero attached hydrogens (tertiary/aromatic N) is 2. The zero-order valence-electron chi connectivity index (χ0n) is 15.0. The van der Waals surface area contributed by atoms with Gasteiger partial charge in [0.2, 0.25) is 0 Å². The van der Waals surface area contributed by atoms with Gasteiger partial charge in [0.1, 0.15) is 0 Å². The van der Waals surface area contributed by atoms with Crippen molar-refractivity contribution in [2.75, 3.05) is 11.9 Å². The zero-order chi connectivity index (χ0) is 20.5. The highest BCUT2D eigenvalue weighted by atomic mass is 35.5. The van der Waals surface area contributed by atoms with Gasteiger partial charge in [-0.25, -0.2) is 0 Å². The first-order chi connectivity index (χ1) is 13.2. The fourth-order valence-electron chi connectivity index (χ4n) is 2.83. The second-order valence-electron chi connectivity index (χ2n) is 6.74. The first kappa shape index (κ1) is 21.2. The smallest absolute Gasteiger partial charge is 0.362 e. The summed E-state index contributed by atoms with van der Waals surface area (Å²) in [5.74, 6) is 0.0677. The minimum atomic E-state index is -4.55. The van der Waals surface area contributed by atoms with Gasteiger partial charge >= 0.3 is 6.18 Å². The fraction of sp³-hybridized carbons (Fsp3) is 0.444. The number of halogens is 5. The van der Waals surface area contributed by atoms with Crippen molar-refractivity contribution in [2.24, 2.45) is 0 Å². The van der Waals surface area contributed by atoms with E-state index in [1.54, 1.807) is 6.07 Å². The van der Waals surface area contributed by atoms with Gasteiger partial charge in [-0.1, -0.05) is 29.3 Å². The molecule has 10 heteroatoms. The highest BCUT2D eigenvalue weighted by Crippen LogP contribution is 2.46. The number of anilines is 1. The van der Waals surface area contributed by atoms with Crippen molar-refractivity contribution < 1.29 is 13.2 Å². The van der Waals surface area contributed by atoms with Crippen molar-refractivity contribution in [2.45, 2.75) is 44.8 Å². The van der Waals surface area contributed by atoms with Gasteiger partial charge in [0, 0.05) is 29.7 Å². The Kier molecular flexibility index (Phi) is 6.41. The highest BCUT2D eigenvalue weighted by molar-refractivity contribution is 7.80. The molecule has 28 heavy (non-hydrogen) atoms. The summed E-state index contributed by atoms with van der Waals surface area (Å²) in [5, 5.41) is 10.6. The van der Waals surface area contributed by atoms with Crippen LogP contribution in [-0.4, -0.2) is 21.4 Å². The molecule has 152 valence electrons. The number of hydrogen-bond acceptors (Lipinski definition) is 2. The molecule has 3 rings (SSSR count). The van der Waals surface area contributed by atoms with Crippen molar-refractivity contribution in [3.05, 3.63) is 45.2 Å². The van der Waals surface area contributed by atoms with E-state index >= 15 is 0 Å². The molecule has 1 heterocycles. The number of benzene rings is 1. The van der Waals surface area contributed by atoms with E-state index in [1.165, 1.54) is 4.68 Å². The Bertz CT molecular complexity index is 878. The number of thiocarbonyl (C=S) groups is 1. The Morgan fingerprint density at radius 3 is 2.64 bits per heavy atom. The Balaban J connectivity index is 1.53. The topological polar surface area (TPSA) is 41.9 Å². The molecule has 2 aromatic rings. The van der Waals surface area contributed by atoms with E-state index in [1.807, 2.05) is 19.1 Å². The van der Waals surface area contributed by atoms with Crippen LogP contribution in [-0.2, 0) is 12.7 Å². The maximum atomic E-state index is 13.1. The predicted octanol–water partition coefficient (Wildman–Crippen LogP) is 5.77. The number of hydrogen-bond donors (Lipinski definition) is 2. The van der Waals surface area contributed by atoms with Crippen LogP contribution in [0.5, 0.6) is 0 Å². The molecule has 0 radical (unpaired) electrons. The SMILES string of the molecule is Cc1ccc(NC(=S)NCCCn2nc(C(F)(F)F)c(Cl)c2C2CC2)cc1Cl. The molecule has 0 aliphatic heterocycles. The summed E-state index contributed by atoms with van der Waals surface area (Å²) in [6, 6.07) is 5.52. The third-order valence-corrected chi connectivity index (χ3v) is 5.45. The number of rotatable bonds is 6. The van der Waals surface area contributed by atoms with Crippen LogP contribution in [0.2, 0.25) is 10.0 Å². The Morgan fingerprint density at radius 1 is 1.32 bits per heavy atom. The summed E-state index contributed by atoms with van der Waals surface area (Å²) < 4.78 is 40.6. The van der Waals surface area contributed by atoms with Crippen molar-refractivity contribution in [1.29, 1.82) is 0 Å². The molecule has 0 spiro atoms. The summed E-state index contributed by atoms with van der Waals surface area (Å²) in [4.78, 5) is 0. The lowest BCUT2D eigenvalue weighted by Gasteiger charge is -2.12. The van der Waals surface area contributed by atoms with Gasteiger partial charge in [-0.3, -0.25) is 4.68 Å². The molecule has 0 atom stereocenters. The first-order valence-corrected chi connectivity index (χ1v) is 9.97. The molecule has 0 bridgehead atoms. The maximum absolute atomic E-state index is 13.1. The molecule has 2 N–H and O–H groups in total. The van der Waals surface area contributed by atoms with Crippen LogP contribution >= 0.6 is 35.4 Å². The van der Waals surface area contributed by atoms with Gasteiger partial charge in [0.25, 0.3) is 0 Å². The standard InChI is InChI=1S/C18H19Cl2F3N4S/c1-10-3-6-12(9-13(10)19)25-17(28)24-7-2-8-27-15(11-4-5-11)14(20)16(26-27)18(21,22)23/h3,6,9,11H,2,4-5,7-8H2,1H3,(H2,24,25,28). The lowest BCUT2D eigenvalue weighted by Crippen LogP contribution is -2.30. The third kappa shape index (κ3) is 5.10. The van der Waals surface area contributed by atoms with E-state index in [9.17, 15) is 13.2 Å². The fourth-order valence-corrected chi connectivity index (χ4v) is 3.63. The van der Waals surface area contributed by atoms with E-state index in [0.717, 1.165) is 24.1 Å². The molecule has 1 aliphatic carbocycles. The van der Waals surface area contributed by atoms with Crippen LogP contribution in [0.3, 0.4) is 0 Å². The molecule has 1 aromatic carbocycles. The average molecular weight is 451 g/mol. The Labute approximate surface area is 176 Å². The maximum Gasteiger partial charge on any atom is 0.436 e. The predicted molar refractivity (Wildman–Crippen MR) is 109 cm³/mol. The van der Waals surface area contributed by atoms with Crippen molar-refractivity contribution in [3.63, 3.8) is 0 Å². The number of aromatic nitrogens is 2. The van der Waals surface area contributed by atoms with E-state index in [0.29, 0.717) is 35.3 Å². The van der Waals surface area contributed by atoms with Crippen LogP contribution in [0.4, 0.5) is 18.9 Å². The van der Waals surface area contributed by atoms with Gasteiger partial charge in [0.15, 0.2) is 10.8 Å². The van der Waals surface area contributed by atoms with Crippen molar-refractivity contribution >= 4 is 46.2 Å². The second kappa shape index (κ2) is 8.47. The molecular formula is C18H19Cl2F3N4S. The average Bonchev–Trinajstić information content (AvgIpc) is 3.37. The van der Waals surface area contributed by atoms with E-state index in [2.05, 4.69) is 15.7 Å². The Morgan fingerprint density at radius 2 is 2.04 bits per heavy atom. The van der Waals surface area contributed by atoms with Crippen LogP contribution in [0.25, 0.3) is 0 Å². The van der Waals surface area contributed by atoms with Gasteiger partial charge < -0.3 is 10.6 Å². The normalized spacial score (nSPS) is 14.2. The monoisotopic (exact) mass is 450 g/mol. The first-order valence-electron chi connectivity index (χ1n) is 8.81. The molecule has 0 saturated heterocycles. The quantitative estimate of drug-likeness (QED) is 0.432. The number of nitrogens with one attached hydrogen (secondary N) is 2. The van der Waals surface area contributed by atoms with Crippen LogP contribution in [0.1, 0.15) is 42.1 Å². The molecule has 1 aromatic heterocycles. The summed E-state index contributed by atoms with van der Waals surface area (Å²) in [7, 11) is 0. The van der Waals surface area contributed by atoms with Gasteiger partial charge in [-0.2, -0.15) is 18.3 Å². The molecule has 0 amide bonds. The minimum Gasteiger partial charge on any atom is -0.362 e. The summed E-state index contributed by atoms with van der Waals surface area (Å²) in [6.07, 6.45) is -2.32. The van der Waals surface area contributed by atoms with E-state index < -0.39 is 11.9 Å². The lowest BCUT2D eigenvalue weighted by molar-refractivity contribution is -0.141. The summed E-state index contributed by atoms with van der Waals surface area (Å²) >= 11 is 17.3. The number of aryl methyl sites for hydroxylation is 2. The van der Waals surface area contributed by atoms with Crippen molar-refractivity contribution in [3.8, 4) is 0 Å². The van der Waals surface area contributed by atoms with Crippen LogP contribution < -0.4 is 10.6 Å². The largest absolute Gasteiger partial charge is 0.436 e. The van der Waals surface area contributed by atoms with Gasteiger partial charge in [0.05, 0.1) is 10.7 Å². The van der Waals surface area contributed by atoms with E-state index in [-0.39, 0.29) is 10.9 Å². The van der Waals surface area contributed by atoms with Crippen LogP contribution in [0, 0.1) is 6.92 Å². The van der Waals surface area contributed by atoms with Gasteiger partial charge in [-0.15, -0.1) is 0 Å². The zero-order valence-corrected chi connectivity index (χ0v) is 17.4. The molecule has 0 unspecified atom stereocenters. The molecule has 1 saturated carbocycles. The lowest BCUT2D eigenvalue weighted by atomic mass is 10.2. The van der Waals surface area contributed by atoms with Crippen LogP contribution in [0.15, 0.2) is 18.2 Å². The van der Waals surface area contributed by atoms with Gasteiger partial charge in [-0.05, 0) is 56.1 Å². The summed E-state index contributed by atoms with van der Waals surface area (Å²) in [6.45, 7) is 2.71. The third-order valence-electron chi connectivity index (χ3n) is 4.43. The second-order valence-corrected chi connectivity index (χ2v) is 7.93. The molecular weight excluding hydrogens is 432 g/mol.